The van der Waals surface area contributed by atoms with E-state index in [4.69, 9.17) is 9.47 Å². The monoisotopic (exact) mass is 314 g/mol. The molecular formula is C18H22N2O3. The molecule has 0 aliphatic rings. The number of hydrogen-bond donors (Lipinski definition) is 2. The summed E-state index contributed by atoms with van der Waals surface area (Å²) in [5.74, 6) is 1.45. The maximum atomic E-state index is 12.0. The molecule has 0 atom stereocenters. The van der Waals surface area contributed by atoms with Crippen molar-refractivity contribution in [3.05, 3.63) is 48.5 Å². The minimum atomic E-state index is -0.0559. The zero-order chi connectivity index (χ0) is 16.5. The van der Waals surface area contributed by atoms with Crippen LogP contribution in [0.1, 0.15) is 13.3 Å². The molecular weight excluding hydrogens is 292 g/mol. The number of benzene rings is 2. The number of hydrogen-bond acceptors (Lipinski definition) is 4. The van der Waals surface area contributed by atoms with Crippen LogP contribution in [0.4, 0.5) is 11.4 Å². The van der Waals surface area contributed by atoms with E-state index in [0.717, 1.165) is 17.1 Å². The molecule has 0 radical (unpaired) electrons. The Bertz CT molecular complexity index is 644. The number of amides is 1. The van der Waals surface area contributed by atoms with E-state index in [9.17, 15) is 4.79 Å². The highest BCUT2D eigenvalue weighted by Gasteiger charge is 2.05. The SMILES string of the molecule is CCOc1ccccc1NCCC(=O)Nc1cccc(OC)c1. The van der Waals surface area contributed by atoms with Crippen LogP contribution in [0, 0.1) is 0 Å². The number of carbonyl (C=O) groups excluding carboxylic acids is 1. The summed E-state index contributed by atoms with van der Waals surface area (Å²) < 4.78 is 10.7. The maximum absolute atomic E-state index is 12.0. The number of para-hydroxylation sites is 2. The molecule has 0 aromatic heterocycles. The Morgan fingerprint density at radius 3 is 2.74 bits per heavy atom. The van der Waals surface area contributed by atoms with E-state index < -0.39 is 0 Å². The minimum absolute atomic E-state index is 0.0559. The third kappa shape index (κ3) is 5.21. The van der Waals surface area contributed by atoms with Gasteiger partial charge in [-0.1, -0.05) is 18.2 Å². The van der Waals surface area contributed by atoms with Gasteiger partial charge < -0.3 is 20.1 Å². The first-order chi connectivity index (χ1) is 11.2. The number of carbonyl (C=O) groups is 1. The Balaban J connectivity index is 1.83. The van der Waals surface area contributed by atoms with Crippen LogP contribution in [-0.2, 0) is 4.79 Å². The molecule has 23 heavy (non-hydrogen) atoms. The number of methoxy groups -OCH3 is 1. The number of rotatable bonds is 8. The first-order valence-corrected chi connectivity index (χ1v) is 7.62. The predicted octanol–water partition coefficient (Wildman–Crippen LogP) is 3.53. The summed E-state index contributed by atoms with van der Waals surface area (Å²) >= 11 is 0. The van der Waals surface area contributed by atoms with Gasteiger partial charge in [0.05, 0.1) is 19.4 Å². The average Bonchev–Trinajstić information content (AvgIpc) is 2.57. The van der Waals surface area contributed by atoms with Gasteiger partial charge in [0.1, 0.15) is 11.5 Å². The molecule has 0 fully saturated rings. The van der Waals surface area contributed by atoms with Crippen LogP contribution in [0.5, 0.6) is 11.5 Å². The molecule has 0 unspecified atom stereocenters. The van der Waals surface area contributed by atoms with Crippen LogP contribution in [0.2, 0.25) is 0 Å². The van der Waals surface area contributed by atoms with Crippen LogP contribution in [-0.4, -0.2) is 26.2 Å². The van der Waals surface area contributed by atoms with Crippen molar-refractivity contribution in [1.82, 2.24) is 0 Å². The van der Waals surface area contributed by atoms with E-state index in [2.05, 4.69) is 10.6 Å². The summed E-state index contributed by atoms with van der Waals surface area (Å²) in [5, 5.41) is 6.08. The maximum Gasteiger partial charge on any atom is 0.226 e. The lowest BCUT2D eigenvalue weighted by molar-refractivity contribution is -0.115. The molecule has 1 amide bonds. The van der Waals surface area contributed by atoms with Crippen molar-refractivity contribution in [2.75, 3.05) is 30.9 Å². The van der Waals surface area contributed by atoms with Gasteiger partial charge in [-0.05, 0) is 31.2 Å². The van der Waals surface area contributed by atoms with Gasteiger partial charge in [0.2, 0.25) is 5.91 Å². The second-order valence-electron chi connectivity index (χ2n) is 4.89. The fourth-order valence-corrected chi connectivity index (χ4v) is 2.13. The molecule has 122 valence electrons. The Morgan fingerprint density at radius 2 is 1.96 bits per heavy atom. The van der Waals surface area contributed by atoms with Crippen LogP contribution in [0.15, 0.2) is 48.5 Å². The highest BCUT2D eigenvalue weighted by molar-refractivity contribution is 5.91. The highest BCUT2D eigenvalue weighted by Crippen LogP contribution is 2.23. The van der Waals surface area contributed by atoms with Crippen molar-refractivity contribution < 1.29 is 14.3 Å². The Hall–Kier alpha value is -2.69. The van der Waals surface area contributed by atoms with Crippen LogP contribution < -0.4 is 20.1 Å². The zero-order valence-corrected chi connectivity index (χ0v) is 13.5. The summed E-state index contributed by atoms with van der Waals surface area (Å²) in [6.45, 7) is 3.08. The fourth-order valence-electron chi connectivity index (χ4n) is 2.13. The third-order valence-electron chi connectivity index (χ3n) is 3.21. The molecule has 0 saturated carbocycles. The minimum Gasteiger partial charge on any atom is -0.497 e. The van der Waals surface area contributed by atoms with Crippen LogP contribution in [0.3, 0.4) is 0 Å². The number of anilines is 2. The van der Waals surface area contributed by atoms with Crippen LogP contribution >= 0.6 is 0 Å². The van der Waals surface area contributed by atoms with Gasteiger partial charge >= 0.3 is 0 Å². The standard InChI is InChI=1S/C18H22N2O3/c1-3-23-17-10-5-4-9-16(17)19-12-11-18(21)20-14-7-6-8-15(13-14)22-2/h4-10,13,19H,3,11-12H2,1-2H3,(H,20,21). The van der Waals surface area contributed by atoms with E-state index in [1.807, 2.05) is 49.4 Å². The Kier molecular flexibility index (Phi) is 6.29. The van der Waals surface area contributed by atoms with Gasteiger partial charge in [-0.2, -0.15) is 0 Å². The average molecular weight is 314 g/mol. The molecule has 2 N–H and O–H groups in total. The summed E-state index contributed by atoms with van der Waals surface area (Å²) in [6.07, 6.45) is 0.359. The van der Waals surface area contributed by atoms with Gasteiger partial charge in [-0.25, -0.2) is 0 Å². The topological polar surface area (TPSA) is 59.6 Å². The first kappa shape index (κ1) is 16.7. The summed E-state index contributed by atoms with van der Waals surface area (Å²) in [6, 6.07) is 15.0. The van der Waals surface area contributed by atoms with E-state index in [-0.39, 0.29) is 5.91 Å². The first-order valence-electron chi connectivity index (χ1n) is 7.62. The van der Waals surface area contributed by atoms with Gasteiger partial charge in [-0.15, -0.1) is 0 Å². The molecule has 2 aromatic carbocycles. The quantitative estimate of drug-likeness (QED) is 0.782. The molecule has 5 heteroatoms. The Labute approximate surface area is 136 Å². The second kappa shape index (κ2) is 8.68. The number of nitrogens with one attached hydrogen (secondary N) is 2. The molecule has 0 aliphatic carbocycles. The molecule has 0 heterocycles. The van der Waals surface area contributed by atoms with E-state index in [0.29, 0.717) is 25.3 Å². The Morgan fingerprint density at radius 1 is 1.13 bits per heavy atom. The molecule has 0 aliphatic heterocycles. The highest BCUT2D eigenvalue weighted by atomic mass is 16.5. The lowest BCUT2D eigenvalue weighted by atomic mass is 10.2. The van der Waals surface area contributed by atoms with Gasteiger partial charge in [0.25, 0.3) is 0 Å². The smallest absolute Gasteiger partial charge is 0.226 e. The zero-order valence-electron chi connectivity index (χ0n) is 13.5. The fraction of sp³-hybridized carbons (Fsp3) is 0.278. The molecule has 2 aromatic rings. The molecule has 2 rings (SSSR count). The largest absolute Gasteiger partial charge is 0.497 e. The van der Waals surface area contributed by atoms with Crippen LogP contribution in [0.25, 0.3) is 0 Å². The number of ether oxygens (including phenoxy) is 2. The predicted molar refractivity (Wildman–Crippen MR) is 92.3 cm³/mol. The summed E-state index contributed by atoms with van der Waals surface area (Å²) in [4.78, 5) is 12.0. The lowest BCUT2D eigenvalue weighted by Gasteiger charge is -2.12. The van der Waals surface area contributed by atoms with Crippen molar-refractivity contribution >= 4 is 17.3 Å². The van der Waals surface area contributed by atoms with Crippen molar-refractivity contribution in [1.29, 1.82) is 0 Å². The molecule has 5 nitrogen and oxygen atoms in total. The molecule has 0 bridgehead atoms. The van der Waals surface area contributed by atoms with Crippen molar-refractivity contribution in [3.63, 3.8) is 0 Å². The summed E-state index contributed by atoms with van der Waals surface area (Å²) in [7, 11) is 1.60. The van der Waals surface area contributed by atoms with Crippen molar-refractivity contribution in [3.8, 4) is 11.5 Å². The van der Waals surface area contributed by atoms with Crippen molar-refractivity contribution in [2.45, 2.75) is 13.3 Å². The van der Waals surface area contributed by atoms with E-state index in [1.165, 1.54) is 0 Å². The van der Waals surface area contributed by atoms with Crippen molar-refractivity contribution in [2.24, 2.45) is 0 Å². The van der Waals surface area contributed by atoms with Gasteiger partial charge in [0.15, 0.2) is 0 Å². The normalized spacial score (nSPS) is 10.0. The van der Waals surface area contributed by atoms with E-state index >= 15 is 0 Å². The molecule has 0 spiro atoms. The van der Waals surface area contributed by atoms with Gasteiger partial charge in [-0.3, -0.25) is 4.79 Å². The van der Waals surface area contributed by atoms with E-state index in [1.54, 1.807) is 13.2 Å². The third-order valence-corrected chi connectivity index (χ3v) is 3.21. The molecule has 0 saturated heterocycles. The lowest BCUT2D eigenvalue weighted by Crippen LogP contribution is -2.16. The summed E-state index contributed by atoms with van der Waals surface area (Å²) in [5.41, 5.74) is 1.62. The second-order valence-corrected chi connectivity index (χ2v) is 4.89. The van der Waals surface area contributed by atoms with Gasteiger partial charge in [0, 0.05) is 24.7 Å².